The SMILES string of the molecule is CNc1ccncc1C(=O)Nc1cc(C)ccn1. The molecule has 0 unspecified atom stereocenters. The Kier molecular flexibility index (Phi) is 3.52. The van der Waals surface area contributed by atoms with Crippen molar-refractivity contribution in [3.8, 4) is 0 Å². The van der Waals surface area contributed by atoms with Gasteiger partial charge in [-0.05, 0) is 30.7 Å². The number of pyridine rings is 2. The summed E-state index contributed by atoms with van der Waals surface area (Å²) < 4.78 is 0. The maximum Gasteiger partial charge on any atom is 0.260 e. The van der Waals surface area contributed by atoms with Gasteiger partial charge in [0.1, 0.15) is 5.82 Å². The van der Waals surface area contributed by atoms with Gasteiger partial charge in [0.2, 0.25) is 0 Å². The molecule has 0 aliphatic heterocycles. The summed E-state index contributed by atoms with van der Waals surface area (Å²) in [6.07, 6.45) is 4.82. The van der Waals surface area contributed by atoms with Crippen molar-refractivity contribution in [1.82, 2.24) is 9.97 Å². The van der Waals surface area contributed by atoms with Crippen molar-refractivity contribution >= 4 is 17.4 Å². The molecule has 2 heterocycles. The molecule has 2 aromatic heterocycles. The molecule has 0 radical (unpaired) electrons. The second-order valence-corrected chi connectivity index (χ2v) is 3.84. The van der Waals surface area contributed by atoms with Crippen molar-refractivity contribution < 1.29 is 4.79 Å². The van der Waals surface area contributed by atoms with E-state index in [9.17, 15) is 4.79 Å². The second-order valence-electron chi connectivity index (χ2n) is 3.84. The number of rotatable bonds is 3. The van der Waals surface area contributed by atoms with E-state index in [1.54, 1.807) is 25.5 Å². The first-order valence-electron chi connectivity index (χ1n) is 5.56. The van der Waals surface area contributed by atoms with Crippen molar-refractivity contribution in [1.29, 1.82) is 0 Å². The van der Waals surface area contributed by atoms with E-state index < -0.39 is 0 Å². The van der Waals surface area contributed by atoms with Crippen LogP contribution in [0.3, 0.4) is 0 Å². The Balaban J connectivity index is 2.22. The standard InChI is InChI=1S/C13H14N4O/c1-9-3-6-16-12(7-9)17-13(18)10-8-15-5-4-11(10)14-2/h3-8H,1-2H3,(H,14,15)(H,16,17,18). The molecule has 0 atom stereocenters. The topological polar surface area (TPSA) is 66.9 Å². The van der Waals surface area contributed by atoms with Crippen molar-refractivity contribution in [2.24, 2.45) is 0 Å². The highest BCUT2D eigenvalue weighted by atomic mass is 16.1. The minimum Gasteiger partial charge on any atom is -0.387 e. The van der Waals surface area contributed by atoms with Crippen LogP contribution in [0.4, 0.5) is 11.5 Å². The molecular formula is C13H14N4O. The first-order chi connectivity index (χ1) is 8.70. The predicted molar refractivity (Wildman–Crippen MR) is 70.7 cm³/mol. The molecule has 2 N–H and O–H groups in total. The summed E-state index contributed by atoms with van der Waals surface area (Å²) in [5.41, 5.74) is 2.26. The molecule has 5 heteroatoms. The van der Waals surface area contributed by atoms with Gasteiger partial charge >= 0.3 is 0 Å². The molecule has 0 aromatic carbocycles. The molecule has 0 saturated carbocycles. The smallest absolute Gasteiger partial charge is 0.260 e. The van der Waals surface area contributed by atoms with Gasteiger partial charge in [0.25, 0.3) is 5.91 Å². The van der Waals surface area contributed by atoms with Gasteiger partial charge in [-0.15, -0.1) is 0 Å². The van der Waals surface area contributed by atoms with Crippen molar-refractivity contribution in [2.45, 2.75) is 6.92 Å². The monoisotopic (exact) mass is 242 g/mol. The summed E-state index contributed by atoms with van der Waals surface area (Å²) in [5.74, 6) is 0.302. The van der Waals surface area contributed by atoms with E-state index in [0.29, 0.717) is 11.4 Å². The lowest BCUT2D eigenvalue weighted by Crippen LogP contribution is -2.15. The molecular weight excluding hydrogens is 228 g/mol. The third-order valence-electron chi connectivity index (χ3n) is 2.49. The van der Waals surface area contributed by atoms with Crippen LogP contribution >= 0.6 is 0 Å². The van der Waals surface area contributed by atoms with Crippen LogP contribution in [-0.4, -0.2) is 22.9 Å². The molecule has 0 bridgehead atoms. The third-order valence-corrected chi connectivity index (χ3v) is 2.49. The Morgan fingerprint density at radius 3 is 2.83 bits per heavy atom. The van der Waals surface area contributed by atoms with Gasteiger partial charge < -0.3 is 10.6 Å². The molecule has 0 saturated heterocycles. The lowest BCUT2D eigenvalue weighted by molar-refractivity contribution is 0.102. The van der Waals surface area contributed by atoms with Crippen LogP contribution in [0.1, 0.15) is 15.9 Å². The average Bonchev–Trinajstić information content (AvgIpc) is 2.38. The number of aromatic nitrogens is 2. The number of carbonyl (C=O) groups is 1. The fourth-order valence-corrected chi connectivity index (χ4v) is 1.58. The quantitative estimate of drug-likeness (QED) is 0.864. The summed E-state index contributed by atoms with van der Waals surface area (Å²) in [6, 6.07) is 5.44. The number of hydrogen-bond acceptors (Lipinski definition) is 4. The minimum absolute atomic E-state index is 0.231. The molecule has 0 aliphatic carbocycles. The van der Waals surface area contributed by atoms with Gasteiger partial charge in [-0.3, -0.25) is 9.78 Å². The Labute approximate surface area is 105 Å². The maximum absolute atomic E-state index is 12.1. The number of hydrogen-bond donors (Lipinski definition) is 2. The summed E-state index contributed by atoms with van der Waals surface area (Å²) >= 11 is 0. The Bertz CT molecular complexity index is 568. The van der Waals surface area contributed by atoms with Gasteiger partial charge in [0, 0.05) is 31.3 Å². The van der Waals surface area contributed by atoms with Crippen LogP contribution < -0.4 is 10.6 Å². The Morgan fingerprint density at radius 2 is 2.11 bits per heavy atom. The molecule has 0 aliphatic rings. The van der Waals surface area contributed by atoms with E-state index in [0.717, 1.165) is 11.3 Å². The van der Waals surface area contributed by atoms with Gasteiger partial charge in [0.05, 0.1) is 5.56 Å². The molecule has 0 spiro atoms. The molecule has 2 aromatic rings. The molecule has 1 amide bonds. The largest absolute Gasteiger partial charge is 0.387 e. The fourth-order valence-electron chi connectivity index (χ4n) is 1.58. The predicted octanol–water partition coefficient (Wildman–Crippen LogP) is 2.08. The summed E-state index contributed by atoms with van der Waals surface area (Å²) in [7, 11) is 1.76. The number of anilines is 2. The normalized spacial score (nSPS) is 9.89. The van der Waals surface area contributed by atoms with Crippen LogP contribution in [-0.2, 0) is 0 Å². The fraction of sp³-hybridized carbons (Fsp3) is 0.154. The highest BCUT2D eigenvalue weighted by molar-refractivity contribution is 6.07. The zero-order chi connectivity index (χ0) is 13.0. The highest BCUT2D eigenvalue weighted by Gasteiger charge is 2.11. The first kappa shape index (κ1) is 12.0. The lowest BCUT2D eigenvalue weighted by Gasteiger charge is -2.08. The second kappa shape index (κ2) is 5.27. The van der Waals surface area contributed by atoms with E-state index >= 15 is 0 Å². The number of amides is 1. The number of nitrogens with one attached hydrogen (secondary N) is 2. The number of aryl methyl sites for hydroxylation is 1. The summed E-state index contributed by atoms with van der Waals surface area (Å²) in [5, 5.41) is 5.70. The van der Waals surface area contributed by atoms with Crippen LogP contribution in [0.5, 0.6) is 0 Å². The molecule has 2 rings (SSSR count). The zero-order valence-electron chi connectivity index (χ0n) is 10.3. The van der Waals surface area contributed by atoms with E-state index in [1.807, 2.05) is 19.1 Å². The van der Waals surface area contributed by atoms with Crippen LogP contribution in [0, 0.1) is 6.92 Å². The minimum atomic E-state index is -0.231. The van der Waals surface area contributed by atoms with E-state index in [1.165, 1.54) is 6.20 Å². The molecule has 18 heavy (non-hydrogen) atoms. The average molecular weight is 242 g/mol. The van der Waals surface area contributed by atoms with Crippen molar-refractivity contribution in [2.75, 3.05) is 17.7 Å². The van der Waals surface area contributed by atoms with Crippen LogP contribution in [0.25, 0.3) is 0 Å². The maximum atomic E-state index is 12.1. The van der Waals surface area contributed by atoms with Gasteiger partial charge in [0.15, 0.2) is 0 Å². The van der Waals surface area contributed by atoms with Crippen LogP contribution in [0.2, 0.25) is 0 Å². The molecule has 5 nitrogen and oxygen atoms in total. The third kappa shape index (κ3) is 2.63. The Morgan fingerprint density at radius 1 is 1.28 bits per heavy atom. The van der Waals surface area contributed by atoms with Gasteiger partial charge in [-0.25, -0.2) is 4.98 Å². The Hall–Kier alpha value is -2.43. The van der Waals surface area contributed by atoms with Crippen LogP contribution in [0.15, 0.2) is 36.8 Å². The zero-order valence-corrected chi connectivity index (χ0v) is 10.3. The molecule has 0 fully saturated rings. The van der Waals surface area contributed by atoms with E-state index in [4.69, 9.17) is 0 Å². The molecule has 92 valence electrons. The van der Waals surface area contributed by atoms with Crippen molar-refractivity contribution in [3.05, 3.63) is 47.9 Å². The highest BCUT2D eigenvalue weighted by Crippen LogP contribution is 2.14. The van der Waals surface area contributed by atoms with Gasteiger partial charge in [-0.1, -0.05) is 0 Å². The lowest BCUT2D eigenvalue weighted by atomic mass is 10.2. The summed E-state index contributed by atoms with van der Waals surface area (Å²) in [6.45, 7) is 1.94. The summed E-state index contributed by atoms with van der Waals surface area (Å²) in [4.78, 5) is 20.1. The van der Waals surface area contributed by atoms with Crippen molar-refractivity contribution in [3.63, 3.8) is 0 Å². The number of nitrogens with zero attached hydrogens (tertiary/aromatic N) is 2. The van der Waals surface area contributed by atoms with E-state index in [-0.39, 0.29) is 5.91 Å². The van der Waals surface area contributed by atoms with E-state index in [2.05, 4.69) is 20.6 Å². The number of carbonyl (C=O) groups excluding carboxylic acids is 1. The first-order valence-corrected chi connectivity index (χ1v) is 5.56. The van der Waals surface area contributed by atoms with Gasteiger partial charge in [-0.2, -0.15) is 0 Å².